The van der Waals surface area contributed by atoms with E-state index in [9.17, 15) is 27.7 Å². The summed E-state index contributed by atoms with van der Waals surface area (Å²) in [6.45, 7) is 0.177. The molecule has 6 nitrogen and oxygen atoms in total. The lowest BCUT2D eigenvalue weighted by Crippen LogP contribution is -2.06. The molecule has 0 amide bonds. The molecule has 0 heterocycles. The minimum Gasteiger partial charge on any atom is -0.487 e. The molecule has 33 heavy (non-hydrogen) atoms. The summed E-state index contributed by atoms with van der Waals surface area (Å²) in [5, 5.41) is 15.1. The smallest absolute Gasteiger partial charge is 0.416 e. The number of benzene rings is 3. The van der Waals surface area contributed by atoms with Crippen molar-refractivity contribution in [2.45, 2.75) is 12.8 Å². The number of hydrazone groups is 1. The van der Waals surface area contributed by atoms with Gasteiger partial charge in [-0.15, -0.1) is 0 Å². The molecule has 0 aromatic heterocycles. The van der Waals surface area contributed by atoms with E-state index in [1.54, 1.807) is 24.3 Å². The largest absolute Gasteiger partial charge is 0.487 e. The third-order valence-electron chi connectivity index (χ3n) is 4.21. The Labute approximate surface area is 212 Å². The summed E-state index contributed by atoms with van der Waals surface area (Å²) < 4.78 is 59.1. The number of nitro benzene ring substituents is 1. The zero-order valence-corrected chi connectivity index (χ0v) is 20.7. The summed E-state index contributed by atoms with van der Waals surface area (Å²) in [5.74, 6) is 0.247. The van der Waals surface area contributed by atoms with Gasteiger partial charge in [-0.05, 0) is 92.7 Å². The van der Waals surface area contributed by atoms with Crippen LogP contribution in [0.1, 0.15) is 16.7 Å². The summed E-state index contributed by atoms with van der Waals surface area (Å²) in [6.07, 6.45) is -3.32. The third kappa shape index (κ3) is 6.75. The van der Waals surface area contributed by atoms with Crippen molar-refractivity contribution < 1.29 is 27.2 Å². The number of halogens is 6. The molecule has 0 spiro atoms. The van der Waals surface area contributed by atoms with Crippen LogP contribution < -0.4 is 10.2 Å². The van der Waals surface area contributed by atoms with Gasteiger partial charge in [-0.2, -0.15) is 18.3 Å². The molecule has 172 valence electrons. The summed E-state index contributed by atoms with van der Waals surface area (Å²) in [6, 6.07) is 11.7. The van der Waals surface area contributed by atoms with Gasteiger partial charge in [-0.3, -0.25) is 15.5 Å². The standard InChI is InChI=1S/C21H13F4I2N3O3/c22-15-3-1-2-12(6-15)11-33-20-16(26)7-13(8-17(20)27)10-28-29-18-5-4-14(21(23,24)25)9-19(18)30(31)32/h1-10,29H,11H2/b28-10-. The molecule has 0 saturated carbocycles. The Bertz CT molecular complexity index is 1200. The van der Waals surface area contributed by atoms with Crippen LogP contribution in [0.4, 0.5) is 28.9 Å². The fourth-order valence-corrected chi connectivity index (χ4v) is 4.83. The van der Waals surface area contributed by atoms with E-state index in [0.717, 1.165) is 19.3 Å². The molecule has 0 bridgehead atoms. The number of nitro groups is 1. The number of alkyl halides is 3. The van der Waals surface area contributed by atoms with Crippen molar-refractivity contribution in [2.24, 2.45) is 5.10 Å². The zero-order valence-electron chi connectivity index (χ0n) is 16.4. The number of rotatable bonds is 7. The lowest BCUT2D eigenvalue weighted by atomic mass is 10.1. The maximum Gasteiger partial charge on any atom is 0.416 e. The first kappa shape index (κ1) is 25.1. The van der Waals surface area contributed by atoms with Gasteiger partial charge < -0.3 is 4.74 Å². The molecule has 0 saturated heterocycles. The summed E-state index contributed by atoms with van der Waals surface area (Å²) in [5.41, 5.74) is 1.68. The average Bonchev–Trinajstić information content (AvgIpc) is 2.72. The molecule has 0 fully saturated rings. The molecule has 0 atom stereocenters. The lowest BCUT2D eigenvalue weighted by Gasteiger charge is -2.11. The average molecular weight is 685 g/mol. The molecular weight excluding hydrogens is 672 g/mol. The van der Waals surface area contributed by atoms with Crippen molar-refractivity contribution in [2.75, 3.05) is 5.43 Å². The number of nitrogens with one attached hydrogen (secondary N) is 1. The van der Waals surface area contributed by atoms with Crippen molar-refractivity contribution in [3.63, 3.8) is 0 Å². The highest BCUT2D eigenvalue weighted by atomic mass is 127. The van der Waals surface area contributed by atoms with Gasteiger partial charge in [0.25, 0.3) is 5.69 Å². The molecule has 0 aliphatic rings. The maximum absolute atomic E-state index is 13.3. The Hall–Kier alpha value is -2.49. The van der Waals surface area contributed by atoms with Gasteiger partial charge in [-0.1, -0.05) is 12.1 Å². The van der Waals surface area contributed by atoms with E-state index in [1.165, 1.54) is 18.3 Å². The van der Waals surface area contributed by atoms with E-state index >= 15 is 0 Å². The molecule has 3 rings (SSSR count). The molecule has 1 N–H and O–H groups in total. The molecule has 0 unspecified atom stereocenters. The first-order valence-electron chi connectivity index (χ1n) is 9.05. The number of nitrogens with zero attached hydrogens (tertiary/aromatic N) is 2. The molecule has 12 heteroatoms. The molecule has 0 radical (unpaired) electrons. The SMILES string of the molecule is O=[N+]([O-])c1cc(C(F)(F)F)ccc1N/N=C\c1cc(I)c(OCc2cccc(F)c2)c(I)c1. The van der Waals surface area contributed by atoms with Crippen molar-refractivity contribution in [3.8, 4) is 5.75 Å². The molecule has 0 aliphatic carbocycles. The van der Waals surface area contributed by atoms with Crippen LogP contribution in [0, 0.1) is 23.1 Å². The van der Waals surface area contributed by atoms with Gasteiger partial charge >= 0.3 is 6.18 Å². The van der Waals surface area contributed by atoms with E-state index in [4.69, 9.17) is 4.74 Å². The second-order valence-electron chi connectivity index (χ2n) is 6.59. The summed E-state index contributed by atoms with van der Waals surface area (Å²) >= 11 is 4.14. The van der Waals surface area contributed by atoms with E-state index in [2.05, 4.69) is 55.7 Å². The summed E-state index contributed by atoms with van der Waals surface area (Å²) in [4.78, 5) is 10.2. The molecule has 3 aromatic rings. The van der Waals surface area contributed by atoms with Crippen LogP contribution in [0.25, 0.3) is 0 Å². The van der Waals surface area contributed by atoms with Crippen LogP contribution >= 0.6 is 45.2 Å². The van der Waals surface area contributed by atoms with E-state index < -0.39 is 22.4 Å². The van der Waals surface area contributed by atoms with Crippen LogP contribution in [-0.4, -0.2) is 11.1 Å². The fraction of sp³-hybridized carbons (Fsp3) is 0.0952. The van der Waals surface area contributed by atoms with Crippen molar-refractivity contribution in [3.05, 3.63) is 94.4 Å². The molecular formula is C21H13F4I2N3O3. The highest BCUT2D eigenvalue weighted by Gasteiger charge is 2.33. The Morgan fingerprint density at radius 1 is 1.09 bits per heavy atom. The Balaban J connectivity index is 1.74. The van der Waals surface area contributed by atoms with Crippen LogP contribution in [0.2, 0.25) is 0 Å². The summed E-state index contributed by atoms with van der Waals surface area (Å²) in [7, 11) is 0. The van der Waals surface area contributed by atoms with Gasteiger partial charge in [-0.25, -0.2) is 4.39 Å². The van der Waals surface area contributed by atoms with Gasteiger partial charge in [0, 0.05) is 6.07 Å². The second-order valence-corrected chi connectivity index (χ2v) is 8.91. The fourth-order valence-electron chi connectivity index (χ4n) is 2.70. The van der Waals surface area contributed by atoms with Gasteiger partial charge in [0.15, 0.2) is 0 Å². The van der Waals surface area contributed by atoms with E-state index in [-0.39, 0.29) is 18.1 Å². The number of ether oxygens (including phenoxy) is 1. The van der Waals surface area contributed by atoms with E-state index in [1.807, 2.05) is 0 Å². The first-order chi connectivity index (χ1) is 15.5. The van der Waals surface area contributed by atoms with Gasteiger partial charge in [0.1, 0.15) is 23.9 Å². The van der Waals surface area contributed by atoms with Crippen LogP contribution in [0.3, 0.4) is 0 Å². The zero-order chi connectivity index (χ0) is 24.2. The van der Waals surface area contributed by atoms with Crippen LogP contribution in [0.15, 0.2) is 59.7 Å². The Morgan fingerprint density at radius 2 is 1.79 bits per heavy atom. The first-order valence-corrected chi connectivity index (χ1v) is 11.2. The normalized spacial score (nSPS) is 11.6. The Morgan fingerprint density at radius 3 is 2.39 bits per heavy atom. The predicted octanol–water partition coefficient (Wildman–Crippen LogP) is 6.99. The monoisotopic (exact) mass is 685 g/mol. The third-order valence-corrected chi connectivity index (χ3v) is 5.82. The Kier molecular flexibility index (Phi) is 8.10. The van der Waals surface area contributed by atoms with E-state index in [0.29, 0.717) is 22.9 Å². The van der Waals surface area contributed by atoms with Crippen LogP contribution in [0.5, 0.6) is 5.75 Å². The highest BCUT2D eigenvalue weighted by Crippen LogP contribution is 2.35. The number of hydrogen-bond donors (Lipinski definition) is 1. The number of anilines is 1. The quantitative estimate of drug-likeness (QED) is 0.0958. The van der Waals surface area contributed by atoms with Gasteiger partial charge in [0.05, 0.1) is 23.8 Å². The van der Waals surface area contributed by atoms with Crippen LogP contribution in [-0.2, 0) is 12.8 Å². The van der Waals surface area contributed by atoms with Crippen molar-refractivity contribution in [1.82, 2.24) is 0 Å². The molecule has 0 aliphatic heterocycles. The molecule has 3 aromatic carbocycles. The van der Waals surface area contributed by atoms with Crippen molar-refractivity contribution >= 4 is 62.8 Å². The van der Waals surface area contributed by atoms with Crippen molar-refractivity contribution in [1.29, 1.82) is 0 Å². The predicted molar refractivity (Wildman–Crippen MR) is 132 cm³/mol. The minimum absolute atomic E-state index is 0.177. The highest BCUT2D eigenvalue weighted by molar-refractivity contribution is 14.1. The maximum atomic E-state index is 13.3. The second kappa shape index (κ2) is 10.6. The number of hydrogen-bond acceptors (Lipinski definition) is 5. The lowest BCUT2D eigenvalue weighted by molar-refractivity contribution is -0.384. The van der Waals surface area contributed by atoms with Gasteiger partial charge in [0.2, 0.25) is 0 Å². The topological polar surface area (TPSA) is 76.8 Å². The minimum atomic E-state index is -4.70.